The van der Waals surface area contributed by atoms with Crippen LogP contribution in [0.1, 0.15) is 19.8 Å². The number of carboxylic acid groups (broad SMARTS) is 1. The van der Waals surface area contributed by atoms with E-state index in [-0.39, 0.29) is 0 Å². The molecule has 10 heavy (non-hydrogen) atoms. The van der Waals surface area contributed by atoms with E-state index in [0.29, 0.717) is 0 Å². The Balaban J connectivity index is 3.67. The van der Waals surface area contributed by atoms with Crippen LogP contribution < -0.4 is 0 Å². The third-order valence-corrected chi connectivity index (χ3v) is 0.935. The predicted octanol–water partition coefficient (Wildman–Crippen LogP) is 0.996. The summed E-state index contributed by atoms with van der Waals surface area (Å²) in [5.41, 5.74) is 0. The van der Waals surface area contributed by atoms with Crippen LogP contribution in [-0.2, 0) is 9.59 Å². The number of aliphatic carboxylic acids is 1. The minimum Gasteiger partial charge on any atom is -0.475 e. The Bertz CT molecular complexity index is 158. The van der Waals surface area contributed by atoms with Gasteiger partial charge in [-0.1, -0.05) is 19.4 Å². The van der Waals surface area contributed by atoms with E-state index in [1.165, 1.54) is 0 Å². The quantitative estimate of drug-likeness (QED) is 0.470. The molecule has 0 rings (SSSR count). The Kier molecular flexibility index (Phi) is 4.20. The van der Waals surface area contributed by atoms with Crippen LogP contribution >= 0.6 is 0 Å². The van der Waals surface area contributed by atoms with E-state index in [1.807, 2.05) is 6.92 Å². The van der Waals surface area contributed by atoms with E-state index >= 15 is 0 Å². The van der Waals surface area contributed by atoms with Crippen LogP contribution in [0.4, 0.5) is 0 Å². The summed E-state index contributed by atoms with van der Waals surface area (Å²) >= 11 is 0. The molecule has 0 bridgehead atoms. The monoisotopic (exact) mass is 142 g/mol. The molecule has 0 unspecified atom stereocenters. The molecule has 0 atom stereocenters. The second kappa shape index (κ2) is 4.73. The summed E-state index contributed by atoms with van der Waals surface area (Å²) < 4.78 is 0. The summed E-state index contributed by atoms with van der Waals surface area (Å²) in [6.45, 7) is 1.95. The van der Waals surface area contributed by atoms with Gasteiger partial charge >= 0.3 is 5.97 Å². The first-order chi connectivity index (χ1) is 4.68. The lowest BCUT2D eigenvalue weighted by Crippen LogP contribution is -2.08. The Hall–Kier alpha value is -1.12. The Morgan fingerprint density at radius 1 is 1.50 bits per heavy atom. The van der Waals surface area contributed by atoms with Gasteiger partial charge in [0.05, 0.1) is 0 Å². The highest BCUT2D eigenvalue weighted by Gasteiger charge is 2.04. The lowest BCUT2D eigenvalue weighted by molar-refractivity contribution is -0.146. The first-order valence-corrected chi connectivity index (χ1v) is 3.12. The molecule has 3 nitrogen and oxygen atoms in total. The third-order valence-electron chi connectivity index (χ3n) is 0.935. The number of carbonyl (C=O) groups is 2. The number of carbonyl (C=O) groups excluding carboxylic acids is 1. The largest absolute Gasteiger partial charge is 0.475 e. The van der Waals surface area contributed by atoms with Crippen molar-refractivity contribution < 1.29 is 14.7 Å². The predicted molar refractivity (Wildman–Crippen MR) is 36.7 cm³/mol. The molecule has 0 aromatic heterocycles. The first kappa shape index (κ1) is 8.88. The van der Waals surface area contributed by atoms with Crippen LogP contribution in [0.3, 0.4) is 0 Å². The number of rotatable bonds is 4. The molecule has 0 aliphatic heterocycles. The number of carboxylic acids is 1. The number of ketones is 1. The zero-order valence-electron chi connectivity index (χ0n) is 5.83. The maximum atomic E-state index is 10.3. The maximum absolute atomic E-state index is 10.3. The van der Waals surface area contributed by atoms with E-state index in [1.54, 1.807) is 6.08 Å². The molecule has 0 aromatic carbocycles. The second-order valence-corrected chi connectivity index (χ2v) is 1.86. The van der Waals surface area contributed by atoms with Crippen LogP contribution in [0.5, 0.6) is 0 Å². The van der Waals surface area contributed by atoms with E-state index < -0.39 is 11.8 Å². The molecule has 3 heteroatoms. The number of hydrogen-bond acceptors (Lipinski definition) is 2. The van der Waals surface area contributed by atoms with Gasteiger partial charge in [0.15, 0.2) is 0 Å². The number of allylic oxidation sites excluding steroid dienone is 1. The molecule has 0 aromatic rings. The Morgan fingerprint density at radius 3 is 2.50 bits per heavy atom. The molecule has 0 amide bonds. The third kappa shape index (κ3) is 3.83. The van der Waals surface area contributed by atoms with Gasteiger partial charge in [-0.3, -0.25) is 4.79 Å². The van der Waals surface area contributed by atoms with Gasteiger partial charge in [0.25, 0.3) is 5.78 Å². The minimum absolute atomic E-state index is 0.749. The fourth-order valence-electron chi connectivity index (χ4n) is 0.428. The molecular formula is C7H10O3. The molecule has 56 valence electrons. The van der Waals surface area contributed by atoms with Crippen molar-refractivity contribution in [2.45, 2.75) is 19.8 Å². The number of hydrogen-bond donors (Lipinski definition) is 1. The number of unbranched alkanes of at least 4 members (excludes halogenated alkanes) is 1. The molecule has 0 heterocycles. The van der Waals surface area contributed by atoms with Crippen LogP contribution in [0.15, 0.2) is 12.2 Å². The van der Waals surface area contributed by atoms with Gasteiger partial charge in [-0.2, -0.15) is 0 Å². The average Bonchev–Trinajstić information content (AvgIpc) is 1.88. The van der Waals surface area contributed by atoms with E-state index in [4.69, 9.17) is 5.11 Å². The smallest absolute Gasteiger partial charge is 0.376 e. The summed E-state index contributed by atoms with van der Waals surface area (Å²) in [4.78, 5) is 20.2. The Morgan fingerprint density at radius 2 is 2.10 bits per heavy atom. The van der Waals surface area contributed by atoms with Crippen molar-refractivity contribution in [1.82, 2.24) is 0 Å². The van der Waals surface area contributed by atoms with Crippen LogP contribution in [0.2, 0.25) is 0 Å². The van der Waals surface area contributed by atoms with Crippen molar-refractivity contribution in [3.63, 3.8) is 0 Å². The normalized spacial score (nSPS) is 10.1. The van der Waals surface area contributed by atoms with Gasteiger partial charge < -0.3 is 5.11 Å². The Labute approximate surface area is 59.4 Å². The maximum Gasteiger partial charge on any atom is 0.376 e. The second-order valence-electron chi connectivity index (χ2n) is 1.86. The fraction of sp³-hybridized carbons (Fsp3) is 0.429. The average molecular weight is 142 g/mol. The van der Waals surface area contributed by atoms with Crippen molar-refractivity contribution in [2.24, 2.45) is 0 Å². The highest BCUT2D eigenvalue weighted by atomic mass is 16.4. The molecule has 0 fully saturated rings. The fourth-order valence-corrected chi connectivity index (χ4v) is 0.428. The standard InChI is InChI=1S/C7H10O3/c1-2-3-4-5-6(8)7(9)10/h4-5H,2-3H2,1H3,(H,9,10). The van der Waals surface area contributed by atoms with Gasteiger partial charge in [-0.25, -0.2) is 4.79 Å². The van der Waals surface area contributed by atoms with Crippen molar-refractivity contribution >= 4 is 11.8 Å². The van der Waals surface area contributed by atoms with Crippen LogP contribution in [0.25, 0.3) is 0 Å². The summed E-state index contributed by atoms with van der Waals surface area (Å²) in [6.07, 6.45) is 4.32. The summed E-state index contributed by atoms with van der Waals surface area (Å²) in [6, 6.07) is 0. The van der Waals surface area contributed by atoms with Crippen molar-refractivity contribution in [2.75, 3.05) is 0 Å². The molecule has 0 spiro atoms. The highest BCUT2D eigenvalue weighted by molar-refractivity contribution is 6.37. The molecular weight excluding hydrogens is 132 g/mol. The molecule has 1 N–H and O–H groups in total. The van der Waals surface area contributed by atoms with Gasteiger partial charge in [0, 0.05) is 0 Å². The molecule has 0 radical (unpaired) electrons. The zero-order valence-corrected chi connectivity index (χ0v) is 5.83. The molecule has 0 saturated heterocycles. The van der Waals surface area contributed by atoms with Crippen molar-refractivity contribution in [1.29, 1.82) is 0 Å². The van der Waals surface area contributed by atoms with Crippen LogP contribution in [-0.4, -0.2) is 16.9 Å². The van der Waals surface area contributed by atoms with E-state index in [2.05, 4.69) is 0 Å². The molecule has 0 aliphatic rings. The minimum atomic E-state index is -1.40. The lowest BCUT2D eigenvalue weighted by Gasteiger charge is -1.83. The topological polar surface area (TPSA) is 54.4 Å². The van der Waals surface area contributed by atoms with Crippen molar-refractivity contribution in [3.8, 4) is 0 Å². The van der Waals surface area contributed by atoms with Gasteiger partial charge in [-0.15, -0.1) is 0 Å². The SMILES string of the molecule is CCCC=CC(=O)C(=O)O. The van der Waals surface area contributed by atoms with Gasteiger partial charge in [0.1, 0.15) is 0 Å². The zero-order chi connectivity index (χ0) is 7.98. The van der Waals surface area contributed by atoms with Gasteiger partial charge in [-0.05, 0) is 12.5 Å². The van der Waals surface area contributed by atoms with Crippen molar-refractivity contribution in [3.05, 3.63) is 12.2 Å². The highest BCUT2D eigenvalue weighted by Crippen LogP contribution is 1.88. The lowest BCUT2D eigenvalue weighted by atomic mass is 10.3. The molecule has 0 saturated carbocycles. The van der Waals surface area contributed by atoms with E-state index in [0.717, 1.165) is 18.9 Å². The summed E-state index contributed by atoms with van der Waals surface area (Å²) in [5.74, 6) is -2.25. The van der Waals surface area contributed by atoms with Gasteiger partial charge in [0.2, 0.25) is 0 Å². The summed E-state index contributed by atoms with van der Waals surface area (Å²) in [7, 11) is 0. The summed E-state index contributed by atoms with van der Waals surface area (Å²) in [5, 5.41) is 8.08. The molecule has 0 aliphatic carbocycles. The first-order valence-electron chi connectivity index (χ1n) is 3.12. The van der Waals surface area contributed by atoms with E-state index in [9.17, 15) is 9.59 Å². The van der Waals surface area contributed by atoms with Crippen LogP contribution in [0, 0.1) is 0 Å².